The van der Waals surface area contributed by atoms with E-state index in [9.17, 15) is 14.4 Å². The van der Waals surface area contributed by atoms with Gasteiger partial charge in [0, 0.05) is 0 Å². The van der Waals surface area contributed by atoms with E-state index in [2.05, 4.69) is 41.5 Å². The molecule has 4 nitrogen and oxygen atoms in total. The van der Waals surface area contributed by atoms with Gasteiger partial charge in [-0.15, -0.1) is 0 Å². The van der Waals surface area contributed by atoms with Crippen LogP contribution in [0.15, 0.2) is 0 Å². The molecule has 143 valence electrons. The minimum atomic E-state index is -1.65. The molecule has 0 rings (SSSR count). The van der Waals surface area contributed by atoms with Crippen molar-refractivity contribution in [3.05, 3.63) is 0 Å². The van der Waals surface area contributed by atoms with Crippen LogP contribution in [0.3, 0.4) is 0 Å². The third-order valence-corrected chi connectivity index (χ3v) is 13.7. The van der Waals surface area contributed by atoms with Crippen LogP contribution < -0.4 is 0 Å². The Morgan fingerprint density at radius 3 is 0.565 bits per heavy atom. The van der Waals surface area contributed by atoms with Crippen molar-refractivity contribution < 1.29 is 38.4 Å². The Balaban J connectivity index is -0.0000000675. The number of hydrogen-bond acceptors (Lipinski definition) is 3. The van der Waals surface area contributed by atoms with E-state index in [0.29, 0.717) is 0 Å². The molecule has 0 aromatic heterocycles. The topological polar surface area (TPSA) is 89.2 Å². The maximum absolute atomic E-state index is 9.27. The predicted octanol–water partition coefficient (Wildman–Crippen LogP) is 4.66. The van der Waals surface area contributed by atoms with Crippen molar-refractivity contribution in [3.8, 4) is 0 Å². The molecule has 0 aliphatic heterocycles. The third kappa shape index (κ3) is 28.2. The Kier molecular flexibility index (Phi) is 27.4. The van der Waals surface area contributed by atoms with Crippen LogP contribution in [0.1, 0.15) is 41.5 Å². The van der Waals surface area contributed by atoms with Gasteiger partial charge in [0.15, 0.2) is 25.0 Å². The van der Waals surface area contributed by atoms with Crippen LogP contribution >= 0.6 is 0 Å². The zero-order chi connectivity index (χ0) is 17.7. The van der Waals surface area contributed by atoms with Gasteiger partial charge in [-0.1, -0.05) is 41.5 Å². The molecule has 0 saturated heterocycles. The van der Waals surface area contributed by atoms with Crippen molar-refractivity contribution in [1.82, 2.24) is 0 Å². The summed E-state index contributed by atoms with van der Waals surface area (Å²) in [6.45, 7) is 18.3. The molecule has 0 fully saturated rings. The van der Waals surface area contributed by atoms with Crippen LogP contribution in [-0.2, 0) is 24.0 Å². The third-order valence-electron chi connectivity index (χ3n) is 4.57. The predicted molar refractivity (Wildman–Crippen MR) is 105 cm³/mol. The van der Waals surface area contributed by atoms with Gasteiger partial charge in [0.25, 0.3) is 0 Å². The molecule has 0 aliphatic rings. The van der Waals surface area contributed by atoms with Gasteiger partial charge in [0.1, 0.15) is 0 Å². The molecule has 0 heterocycles. The van der Waals surface area contributed by atoms with Gasteiger partial charge >= 0.3 is 18.6 Å². The molecule has 0 spiro atoms. The van der Waals surface area contributed by atoms with E-state index in [0.717, 1.165) is 36.3 Å². The van der Waals surface area contributed by atoms with Gasteiger partial charge in [-0.25, -0.2) is 0 Å². The molecule has 0 bridgehead atoms. The number of hydrogen-bond donors (Lipinski definition) is 3. The van der Waals surface area contributed by atoms with Gasteiger partial charge in [0.05, 0.1) is 0 Å². The summed E-state index contributed by atoms with van der Waals surface area (Å²) in [5, 5.41) is 0. The molecule has 0 aliphatic carbocycles. The molecule has 0 aromatic rings. The molecule has 23 heavy (non-hydrogen) atoms. The smallest absolute Gasteiger partial charge is 2.00 e. The second-order valence-electron chi connectivity index (χ2n) is 6.61. The Hall–Kier alpha value is 1.08. The van der Waals surface area contributed by atoms with Crippen molar-refractivity contribution in [2.24, 2.45) is 0 Å². The molecule has 8 heteroatoms. The minimum absolute atomic E-state index is 0. The first kappa shape index (κ1) is 35.2. The molecular weight excluding hydrogens is 379 g/mol. The Labute approximate surface area is 160 Å². The summed E-state index contributed by atoms with van der Waals surface area (Å²) in [7, 11) is -4.95. The summed E-state index contributed by atoms with van der Waals surface area (Å²) in [5.74, 6) is 0. The van der Waals surface area contributed by atoms with Crippen LogP contribution in [0.2, 0.25) is 55.9 Å². The van der Waals surface area contributed by atoms with E-state index in [1.165, 1.54) is 0 Å². The van der Waals surface area contributed by atoms with Crippen molar-refractivity contribution in [1.29, 1.82) is 0 Å². The first-order chi connectivity index (χ1) is 9.36. The van der Waals surface area contributed by atoms with Crippen molar-refractivity contribution >= 4 is 25.0 Å². The first-order valence-corrected chi connectivity index (χ1v) is 17.1. The van der Waals surface area contributed by atoms with E-state index in [4.69, 9.17) is 0 Å². The fourth-order valence-corrected chi connectivity index (χ4v) is 2.25. The van der Waals surface area contributed by atoms with E-state index in [1.807, 2.05) is 19.6 Å². The molecule has 1 radical (unpaired) electrons. The summed E-state index contributed by atoms with van der Waals surface area (Å²) in [6, 6.07) is 5.94. The van der Waals surface area contributed by atoms with Gasteiger partial charge in [0.2, 0.25) is 0 Å². The van der Waals surface area contributed by atoms with E-state index in [-0.39, 0.29) is 24.0 Å². The van der Waals surface area contributed by atoms with Crippen molar-refractivity contribution in [3.63, 3.8) is 0 Å². The summed E-state index contributed by atoms with van der Waals surface area (Å²) >= 11 is 0. The SMILES string of the molecule is CC[Si](C)(O)CC.CC[Si](C)(O)CC.CC[Si](C)(O)CC.[O-2].[V+2]. The molecular formula is C15H42O4Si3V. The Bertz CT molecular complexity index is 185. The summed E-state index contributed by atoms with van der Waals surface area (Å²) in [4.78, 5) is 27.8. The van der Waals surface area contributed by atoms with Gasteiger partial charge < -0.3 is 19.9 Å². The average Bonchev–Trinajstić information content (AvgIpc) is 2.48. The standard InChI is InChI=1S/3C5H14OSi.O.V/c3*1-4-7(3,6)5-2;;/h3*6H,4-5H2,1-3H3;;/q;;;-2;+2. The van der Waals surface area contributed by atoms with Gasteiger partial charge in [-0.05, 0) is 55.9 Å². The molecule has 0 saturated carbocycles. The molecule has 0 atom stereocenters. The Morgan fingerprint density at radius 2 is 0.565 bits per heavy atom. The quantitative estimate of drug-likeness (QED) is 0.545. The fraction of sp³-hybridized carbons (Fsp3) is 1.00. The Morgan fingerprint density at radius 1 is 0.478 bits per heavy atom. The van der Waals surface area contributed by atoms with Crippen LogP contribution in [0, 0.1) is 0 Å². The van der Waals surface area contributed by atoms with Gasteiger partial charge in [-0.3, -0.25) is 0 Å². The van der Waals surface area contributed by atoms with Crippen molar-refractivity contribution in [2.75, 3.05) is 0 Å². The fourth-order valence-electron chi connectivity index (χ4n) is 0.750. The monoisotopic (exact) mass is 421 g/mol. The normalized spacial score (nSPS) is 11.0. The van der Waals surface area contributed by atoms with Crippen molar-refractivity contribution in [2.45, 2.75) is 97.4 Å². The van der Waals surface area contributed by atoms with Crippen LogP contribution in [0.5, 0.6) is 0 Å². The van der Waals surface area contributed by atoms with E-state index < -0.39 is 25.0 Å². The maximum Gasteiger partial charge on any atom is 2.00 e. The molecule has 0 aromatic carbocycles. The van der Waals surface area contributed by atoms with Crippen LogP contribution in [-0.4, -0.2) is 39.3 Å². The molecule has 0 amide bonds. The summed E-state index contributed by atoms with van der Waals surface area (Å²) in [5.41, 5.74) is 0. The van der Waals surface area contributed by atoms with E-state index >= 15 is 0 Å². The maximum atomic E-state index is 9.27. The summed E-state index contributed by atoms with van der Waals surface area (Å²) in [6.07, 6.45) is 0. The van der Waals surface area contributed by atoms with E-state index in [1.54, 1.807) is 0 Å². The van der Waals surface area contributed by atoms with Crippen LogP contribution in [0.4, 0.5) is 0 Å². The zero-order valence-corrected chi connectivity index (χ0v) is 21.3. The number of rotatable bonds is 6. The second kappa shape index (κ2) is 17.9. The van der Waals surface area contributed by atoms with Crippen LogP contribution in [0.25, 0.3) is 0 Å². The second-order valence-corrected chi connectivity index (χ2v) is 19.8. The first-order valence-electron chi connectivity index (χ1n) is 8.53. The minimum Gasteiger partial charge on any atom is -2.00 e. The average molecular weight is 422 g/mol. The molecule has 3 N–H and O–H groups in total. The largest absolute Gasteiger partial charge is 2.00 e. The molecule has 0 unspecified atom stereocenters. The summed E-state index contributed by atoms with van der Waals surface area (Å²) < 4.78 is 0. The zero-order valence-electron chi connectivity index (χ0n) is 16.9. The van der Waals surface area contributed by atoms with Gasteiger partial charge in [-0.2, -0.15) is 0 Å².